The molecule has 0 spiro atoms. The van der Waals surface area contributed by atoms with Gasteiger partial charge in [0.05, 0.1) is 18.8 Å². The molecule has 0 saturated carbocycles. The fourth-order valence-corrected chi connectivity index (χ4v) is 3.14. The maximum absolute atomic E-state index is 12.2. The van der Waals surface area contributed by atoms with Gasteiger partial charge in [-0.2, -0.15) is 0 Å². The average Bonchev–Trinajstić information content (AvgIpc) is 2.53. The van der Waals surface area contributed by atoms with Crippen molar-refractivity contribution in [3.63, 3.8) is 0 Å². The third kappa shape index (κ3) is 4.00. The van der Waals surface area contributed by atoms with E-state index in [9.17, 15) is 9.59 Å². The van der Waals surface area contributed by atoms with E-state index in [-0.39, 0.29) is 17.8 Å². The Morgan fingerprint density at radius 2 is 2.10 bits per heavy atom. The first-order valence-corrected chi connectivity index (χ1v) is 7.72. The van der Waals surface area contributed by atoms with Crippen molar-refractivity contribution in [1.82, 2.24) is 4.90 Å². The van der Waals surface area contributed by atoms with Gasteiger partial charge < -0.3 is 9.64 Å². The summed E-state index contributed by atoms with van der Waals surface area (Å²) < 4.78 is 4.76. The van der Waals surface area contributed by atoms with Crippen LogP contribution in [-0.4, -0.2) is 42.7 Å². The van der Waals surface area contributed by atoms with Crippen LogP contribution in [0, 0.1) is 5.92 Å². The van der Waals surface area contributed by atoms with Gasteiger partial charge in [-0.3, -0.25) is 9.59 Å². The normalized spacial score (nSPS) is 18.6. The number of hydrogen-bond acceptors (Lipinski definition) is 4. The fraction of sp³-hybridized carbons (Fsp3) is 0.467. The van der Waals surface area contributed by atoms with Crippen LogP contribution in [0.15, 0.2) is 35.2 Å². The molecule has 4 nitrogen and oxygen atoms in total. The summed E-state index contributed by atoms with van der Waals surface area (Å²) in [5, 5.41) is 0. The third-order valence-electron chi connectivity index (χ3n) is 3.41. The van der Waals surface area contributed by atoms with E-state index in [0.717, 1.165) is 24.3 Å². The topological polar surface area (TPSA) is 46.6 Å². The minimum absolute atomic E-state index is 0.0902. The van der Waals surface area contributed by atoms with Gasteiger partial charge in [-0.1, -0.05) is 18.2 Å². The molecule has 1 saturated heterocycles. The van der Waals surface area contributed by atoms with Crippen LogP contribution in [0.1, 0.15) is 12.8 Å². The second kappa shape index (κ2) is 7.33. The molecule has 1 unspecified atom stereocenters. The Balaban J connectivity index is 1.84. The van der Waals surface area contributed by atoms with Gasteiger partial charge >= 0.3 is 5.97 Å². The van der Waals surface area contributed by atoms with Crippen molar-refractivity contribution < 1.29 is 14.3 Å². The molecule has 1 amide bonds. The number of thioether (sulfide) groups is 1. The summed E-state index contributed by atoms with van der Waals surface area (Å²) in [6.07, 6.45) is 1.67. The number of ether oxygens (including phenoxy) is 1. The number of benzene rings is 1. The molecule has 0 bridgehead atoms. The van der Waals surface area contributed by atoms with Gasteiger partial charge in [-0.05, 0) is 25.0 Å². The average molecular weight is 293 g/mol. The van der Waals surface area contributed by atoms with Crippen molar-refractivity contribution in [3.8, 4) is 0 Å². The minimum atomic E-state index is -0.210. The highest BCUT2D eigenvalue weighted by Crippen LogP contribution is 2.21. The van der Waals surface area contributed by atoms with Crippen molar-refractivity contribution in [2.24, 2.45) is 5.92 Å². The van der Waals surface area contributed by atoms with E-state index in [0.29, 0.717) is 12.3 Å². The molecule has 2 rings (SSSR count). The van der Waals surface area contributed by atoms with Gasteiger partial charge in [-0.15, -0.1) is 11.8 Å². The first kappa shape index (κ1) is 14.9. The first-order valence-electron chi connectivity index (χ1n) is 6.74. The van der Waals surface area contributed by atoms with Crippen LogP contribution >= 0.6 is 11.8 Å². The fourth-order valence-electron chi connectivity index (χ4n) is 2.32. The monoisotopic (exact) mass is 293 g/mol. The molecular weight excluding hydrogens is 274 g/mol. The molecule has 1 aliphatic rings. The zero-order chi connectivity index (χ0) is 14.4. The lowest BCUT2D eigenvalue weighted by molar-refractivity contribution is -0.148. The summed E-state index contributed by atoms with van der Waals surface area (Å²) >= 11 is 1.53. The van der Waals surface area contributed by atoms with Crippen LogP contribution < -0.4 is 0 Å². The molecule has 1 aliphatic heterocycles. The van der Waals surface area contributed by atoms with Crippen molar-refractivity contribution >= 4 is 23.6 Å². The van der Waals surface area contributed by atoms with Crippen molar-refractivity contribution in [3.05, 3.63) is 30.3 Å². The lowest BCUT2D eigenvalue weighted by atomic mass is 9.98. The van der Waals surface area contributed by atoms with Crippen molar-refractivity contribution in [1.29, 1.82) is 0 Å². The molecule has 1 fully saturated rings. The standard InChI is InChI=1S/C15H19NO3S/c1-19-15(18)12-6-5-9-16(10-12)14(17)11-20-13-7-3-2-4-8-13/h2-4,7-8,12H,5-6,9-11H2,1H3. The quantitative estimate of drug-likeness (QED) is 0.630. The molecule has 1 atom stereocenters. The number of piperidine rings is 1. The summed E-state index contributed by atoms with van der Waals surface area (Å²) in [4.78, 5) is 26.6. The zero-order valence-corrected chi connectivity index (χ0v) is 12.4. The van der Waals surface area contributed by atoms with Gasteiger partial charge in [0.1, 0.15) is 0 Å². The highest BCUT2D eigenvalue weighted by atomic mass is 32.2. The minimum Gasteiger partial charge on any atom is -0.469 e. The number of methoxy groups -OCH3 is 1. The van der Waals surface area contributed by atoms with E-state index in [4.69, 9.17) is 4.74 Å². The Labute approximate surface area is 123 Å². The molecular formula is C15H19NO3S. The Morgan fingerprint density at radius 3 is 2.80 bits per heavy atom. The Bertz CT molecular complexity index is 463. The summed E-state index contributed by atoms with van der Waals surface area (Å²) in [6, 6.07) is 9.86. The van der Waals surface area contributed by atoms with Crippen LogP contribution in [0.3, 0.4) is 0 Å². The van der Waals surface area contributed by atoms with E-state index in [1.165, 1.54) is 18.9 Å². The van der Waals surface area contributed by atoms with E-state index >= 15 is 0 Å². The molecule has 1 aromatic rings. The zero-order valence-electron chi connectivity index (χ0n) is 11.6. The Hall–Kier alpha value is -1.49. The number of rotatable bonds is 4. The summed E-state index contributed by atoms with van der Waals surface area (Å²) in [7, 11) is 1.40. The maximum atomic E-state index is 12.2. The second-order valence-corrected chi connectivity index (χ2v) is 5.85. The van der Waals surface area contributed by atoms with Gasteiger partial charge in [0.15, 0.2) is 0 Å². The van der Waals surface area contributed by atoms with E-state index in [1.54, 1.807) is 4.90 Å². The number of amides is 1. The smallest absolute Gasteiger partial charge is 0.310 e. The van der Waals surface area contributed by atoms with Gasteiger partial charge in [0, 0.05) is 18.0 Å². The predicted octanol–water partition coefficient (Wildman–Crippen LogP) is 2.19. The molecule has 5 heteroatoms. The molecule has 1 aromatic carbocycles. The summed E-state index contributed by atoms with van der Waals surface area (Å²) in [5.74, 6) is 0.128. The highest BCUT2D eigenvalue weighted by molar-refractivity contribution is 8.00. The molecule has 0 N–H and O–H groups in total. The molecule has 20 heavy (non-hydrogen) atoms. The maximum Gasteiger partial charge on any atom is 0.310 e. The number of likely N-dealkylation sites (tertiary alicyclic amines) is 1. The number of esters is 1. The largest absolute Gasteiger partial charge is 0.469 e. The number of nitrogens with zero attached hydrogens (tertiary/aromatic N) is 1. The number of hydrogen-bond donors (Lipinski definition) is 0. The van der Waals surface area contributed by atoms with Crippen LogP contribution in [0.4, 0.5) is 0 Å². The second-order valence-electron chi connectivity index (χ2n) is 4.80. The molecule has 0 radical (unpaired) electrons. The van der Waals surface area contributed by atoms with Crippen LogP contribution in [0.25, 0.3) is 0 Å². The lowest BCUT2D eigenvalue weighted by Crippen LogP contribution is -2.43. The lowest BCUT2D eigenvalue weighted by Gasteiger charge is -2.31. The molecule has 0 aromatic heterocycles. The summed E-state index contributed by atoms with van der Waals surface area (Å²) in [5.41, 5.74) is 0. The molecule has 1 heterocycles. The Kier molecular flexibility index (Phi) is 5.47. The SMILES string of the molecule is COC(=O)C1CCCN(C(=O)CSc2ccccc2)C1. The van der Waals surface area contributed by atoms with Crippen LogP contribution in [-0.2, 0) is 14.3 Å². The van der Waals surface area contributed by atoms with Gasteiger partial charge in [-0.25, -0.2) is 0 Å². The van der Waals surface area contributed by atoms with Gasteiger partial charge in [0.2, 0.25) is 5.91 Å². The highest BCUT2D eigenvalue weighted by Gasteiger charge is 2.28. The van der Waals surface area contributed by atoms with Crippen molar-refractivity contribution in [2.45, 2.75) is 17.7 Å². The van der Waals surface area contributed by atoms with Gasteiger partial charge in [0.25, 0.3) is 0 Å². The van der Waals surface area contributed by atoms with E-state index in [1.807, 2.05) is 30.3 Å². The van der Waals surface area contributed by atoms with Crippen molar-refractivity contribution in [2.75, 3.05) is 26.0 Å². The van der Waals surface area contributed by atoms with Crippen LogP contribution in [0.2, 0.25) is 0 Å². The Morgan fingerprint density at radius 1 is 1.35 bits per heavy atom. The predicted molar refractivity (Wildman–Crippen MR) is 78.5 cm³/mol. The molecule has 0 aliphatic carbocycles. The number of carbonyl (C=O) groups is 2. The molecule has 108 valence electrons. The first-order chi connectivity index (χ1) is 9.70. The summed E-state index contributed by atoms with van der Waals surface area (Å²) in [6.45, 7) is 1.22. The third-order valence-corrected chi connectivity index (χ3v) is 4.41. The van der Waals surface area contributed by atoms with Crippen LogP contribution in [0.5, 0.6) is 0 Å². The van der Waals surface area contributed by atoms with E-state index < -0.39 is 0 Å². The van der Waals surface area contributed by atoms with E-state index in [2.05, 4.69) is 0 Å². The number of carbonyl (C=O) groups excluding carboxylic acids is 2.